The second-order valence-electron chi connectivity index (χ2n) is 5.57. The lowest BCUT2D eigenvalue weighted by atomic mass is 10.1. The van der Waals surface area contributed by atoms with Gasteiger partial charge in [0.2, 0.25) is 11.8 Å². The van der Waals surface area contributed by atoms with Crippen LogP contribution in [0.25, 0.3) is 0 Å². The molecule has 2 rings (SSSR count). The van der Waals surface area contributed by atoms with Crippen molar-refractivity contribution in [2.24, 2.45) is 5.92 Å². The van der Waals surface area contributed by atoms with Crippen LogP contribution in [0.5, 0.6) is 0 Å². The summed E-state index contributed by atoms with van der Waals surface area (Å²) in [5, 5.41) is 12.6. The van der Waals surface area contributed by atoms with E-state index in [4.69, 9.17) is 0 Å². The molecular formula is C16H22N6O2. The van der Waals surface area contributed by atoms with Gasteiger partial charge in [-0.3, -0.25) is 9.59 Å². The van der Waals surface area contributed by atoms with E-state index in [9.17, 15) is 9.59 Å². The summed E-state index contributed by atoms with van der Waals surface area (Å²) in [6.45, 7) is 4.20. The lowest BCUT2D eigenvalue weighted by Gasteiger charge is -2.14. The number of benzene rings is 1. The maximum atomic E-state index is 12.2. The van der Waals surface area contributed by atoms with Crippen molar-refractivity contribution >= 4 is 23.2 Å². The number of nitrogens with zero attached hydrogens (tertiary/aromatic N) is 3. The van der Waals surface area contributed by atoms with Crippen LogP contribution in [0.1, 0.15) is 19.9 Å². The van der Waals surface area contributed by atoms with E-state index in [1.165, 1.54) is 17.3 Å². The van der Waals surface area contributed by atoms with Crippen LogP contribution in [0, 0.1) is 5.92 Å². The third kappa shape index (κ3) is 4.63. The Morgan fingerprint density at radius 1 is 1.08 bits per heavy atom. The van der Waals surface area contributed by atoms with E-state index in [1.807, 2.05) is 14.0 Å². The van der Waals surface area contributed by atoms with Gasteiger partial charge in [0.25, 0.3) is 0 Å². The number of anilines is 2. The number of aromatic nitrogens is 3. The molecule has 8 heteroatoms. The second kappa shape index (κ2) is 8.21. The quantitative estimate of drug-likeness (QED) is 0.710. The highest BCUT2D eigenvalue weighted by Crippen LogP contribution is 2.16. The molecule has 1 aromatic carbocycles. The molecule has 0 aliphatic carbocycles. The number of carbonyl (C=O) groups excluding carboxylic acids is 2. The van der Waals surface area contributed by atoms with Crippen LogP contribution in [-0.4, -0.2) is 40.2 Å². The Morgan fingerprint density at radius 3 is 2.17 bits per heavy atom. The molecule has 0 aliphatic rings. The highest BCUT2D eigenvalue weighted by Gasteiger charge is 2.16. The van der Waals surface area contributed by atoms with Gasteiger partial charge in [-0.2, -0.15) is 5.10 Å². The summed E-state index contributed by atoms with van der Waals surface area (Å²) in [5.74, 6) is -0.376. The number of nitrogens with one attached hydrogen (secondary N) is 3. The zero-order chi connectivity index (χ0) is 17.5. The fourth-order valence-electron chi connectivity index (χ4n) is 2.09. The second-order valence-corrected chi connectivity index (χ2v) is 5.57. The predicted octanol–water partition coefficient (Wildman–Crippen LogP) is 1.27. The summed E-state index contributed by atoms with van der Waals surface area (Å²) >= 11 is 0. The van der Waals surface area contributed by atoms with E-state index in [-0.39, 0.29) is 17.7 Å². The van der Waals surface area contributed by atoms with Crippen molar-refractivity contribution in [3.63, 3.8) is 0 Å². The lowest BCUT2D eigenvalue weighted by Crippen LogP contribution is -2.28. The van der Waals surface area contributed by atoms with Gasteiger partial charge in [0.1, 0.15) is 18.7 Å². The van der Waals surface area contributed by atoms with Gasteiger partial charge in [0.15, 0.2) is 0 Å². The SMILES string of the molecule is CNCC(C)C(=O)Nc1ccc(NC(=O)C(C)n2cncn2)cc1. The van der Waals surface area contributed by atoms with Crippen LogP contribution in [-0.2, 0) is 9.59 Å². The number of hydrogen-bond acceptors (Lipinski definition) is 5. The molecular weight excluding hydrogens is 308 g/mol. The third-order valence-corrected chi connectivity index (χ3v) is 3.59. The molecule has 24 heavy (non-hydrogen) atoms. The molecule has 0 saturated heterocycles. The summed E-state index contributed by atoms with van der Waals surface area (Å²) in [5.41, 5.74) is 1.33. The van der Waals surface area contributed by atoms with Crippen molar-refractivity contribution in [2.75, 3.05) is 24.2 Å². The molecule has 0 bridgehead atoms. The summed E-state index contributed by atoms with van der Waals surface area (Å²) in [7, 11) is 1.81. The summed E-state index contributed by atoms with van der Waals surface area (Å²) in [6.07, 6.45) is 2.88. The zero-order valence-electron chi connectivity index (χ0n) is 14.0. The molecule has 2 amide bonds. The van der Waals surface area contributed by atoms with Crippen LogP contribution in [0.4, 0.5) is 11.4 Å². The highest BCUT2D eigenvalue weighted by atomic mass is 16.2. The van der Waals surface area contributed by atoms with Gasteiger partial charge in [-0.25, -0.2) is 9.67 Å². The average molecular weight is 330 g/mol. The van der Waals surface area contributed by atoms with E-state index in [1.54, 1.807) is 31.2 Å². The van der Waals surface area contributed by atoms with Crippen LogP contribution in [0.2, 0.25) is 0 Å². The number of rotatable bonds is 7. The van der Waals surface area contributed by atoms with E-state index < -0.39 is 6.04 Å². The van der Waals surface area contributed by atoms with Crippen molar-refractivity contribution in [3.8, 4) is 0 Å². The first-order valence-electron chi connectivity index (χ1n) is 7.71. The van der Waals surface area contributed by atoms with Crippen LogP contribution >= 0.6 is 0 Å². The summed E-state index contributed by atoms with van der Waals surface area (Å²) < 4.78 is 1.48. The molecule has 2 unspecified atom stereocenters. The fourth-order valence-corrected chi connectivity index (χ4v) is 2.09. The lowest BCUT2D eigenvalue weighted by molar-refractivity contribution is -0.120. The summed E-state index contributed by atoms with van der Waals surface area (Å²) in [6, 6.07) is 6.52. The standard InChI is InChI=1S/C16H22N6O2/c1-11(8-17-3)15(23)20-13-4-6-14(7-5-13)21-16(24)12(2)22-10-18-9-19-22/h4-7,9-12,17H,8H2,1-3H3,(H,20,23)(H,21,24). The fraction of sp³-hybridized carbons (Fsp3) is 0.375. The molecule has 1 heterocycles. The first kappa shape index (κ1) is 17.6. The highest BCUT2D eigenvalue weighted by molar-refractivity contribution is 5.95. The monoisotopic (exact) mass is 330 g/mol. The van der Waals surface area contributed by atoms with E-state index in [2.05, 4.69) is 26.0 Å². The number of carbonyl (C=O) groups is 2. The van der Waals surface area contributed by atoms with E-state index in [0.29, 0.717) is 17.9 Å². The Bertz CT molecular complexity index is 668. The largest absolute Gasteiger partial charge is 0.326 e. The van der Waals surface area contributed by atoms with Gasteiger partial charge in [-0.15, -0.1) is 0 Å². The minimum absolute atomic E-state index is 0.0547. The first-order valence-corrected chi connectivity index (χ1v) is 7.71. The molecule has 128 valence electrons. The van der Waals surface area contributed by atoms with Gasteiger partial charge >= 0.3 is 0 Å². The van der Waals surface area contributed by atoms with E-state index in [0.717, 1.165) is 0 Å². The van der Waals surface area contributed by atoms with Crippen molar-refractivity contribution in [1.82, 2.24) is 20.1 Å². The van der Waals surface area contributed by atoms with Crippen molar-refractivity contribution in [2.45, 2.75) is 19.9 Å². The predicted molar refractivity (Wildman–Crippen MR) is 91.5 cm³/mol. The third-order valence-electron chi connectivity index (χ3n) is 3.59. The Balaban J connectivity index is 1.92. The van der Waals surface area contributed by atoms with Crippen LogP contribution in [0.3, 0.4) is 0 Å². The van der Waals surface area contributed by atoms with Gasteiger partial charge in [0, 0.05) is 23.8 Å². The van der Waals surface area contributed by atoms with Gasteiger partial charge < -0.3 is 16.0 Å². The molecule has 2 aromatic rings. The molecule has 0 spiro atoms. The number of amides is 2. The molecule has 0 radical (unpaired) electrons. The number of hydrogen-bond donors (Lipinski definition) is 3. The molecule has 8 nitrogen and oxygen atoms in total. The van der Waals surface area contributed by atoms with E-state index >= 15 is 0 Å². The van der Waals surface area contributed by atoms with Crippen molar-refractivity contribution in [3.05, 3.63) is 36.9 Å². The van der Waals surface area contributed by atoms with Crippen LogP contribution in [0.15, 0.2) is 36.9 Å². The minimum atomic E-state index is -0.464. The van der Waals surface area contributed by atoms with Crippen molar-refractivity contribution in [1.29, 1.82) is 0 Å². The Hall–Kier alpha value is -2.74. The summed E-state index contributed by atoms with van der Waals surface area (Å²) in [4.78, 5) is 27.9. The van der Waals surface area contributed by atoms with Gasteiger partial charge in [-0.1, -0.05) is 6.92 Å². The maximum Gasteiger partial charge on any atom is 0.249 e. The maximum absolute atomic E-state index is 12.2. The Morgan fingerprint density at radius 2 is 1.67 bits per heavy atom. The van der Waals surface area contributed by atoms with Gasteiger partial charge in [-0.05, 0) is 38.2 Å². The first-order chi connectivity index (χ1) is 11.5. The van der Waals surface area contributed by atoms with Crippen LogP contribution < -0.4 is 16.0 Å². The molecule has 0 saturated carbocycles. The molecule has 0 aliphatic heterocycles. The molecule has 1 aromatic heterocycles. The Labute approximate surface area is 140 Å². The normalized spacial score (nSPS) is 13.1. The van der Waals surface area contributed by atoms with Crippen molar-refractivity contribution < 1.29 is 9.59 Å². The zero-order valence-corrected chi connectivity index (χ0v) is 14.0. The molecule has 3 N–H and O–H groups in total. The molecule has 0 fully saturated rings. The minimum Gasteiger partial charge on any atom is -0.326 e. The topological polar surface area (TPSA) is 101 Å². The van der Waals surface area contributed by atoms with Gasteiger partial charge in [0.05, 0.1) is 0 Å². The average Bonchev–Trinajstić information content (AvgIpc) is 3.10. The smallest absolute Gasteiger partial charge is 0.249 e. The molecule has 2 atom stereocenters. The Kier molecular flexibility index (Phi) is 6.02.